The van der Waals surface area contributed by atoms with E-state index in [1.165, 1.54) is 6.33 Å². The molecule has 4 nitrogen and oxygen atoms in total. The van der Waals surface area contributed by atoms with E-state index in [0.29, 0.717) is 11.3 Å². The number of aromatic nitrogens is 2. The van der Waals surface area contributed by atoms with E-state index < -0.39 is 0 Å². The fourth-order valence-corrected chi connectivity index (χ4v) is 0.897. The average molecular weight is 177 g/mol. The lowest BCUT2D eigenvalue weighted by atomic mass is 10.2. The van der Waals surface area contributed by atoms with Gasteiger partial charge in [0.1, 0.15) is 6.33 Å². The molecule has 0 amide bonds. The molecular weight excluding hydrogens is 166 g/mol. The van der Waals surface area contributed by atoms with Crippen molar-refractivity contribution in [2.45, 2.75) is 0 Å². The third-order valence-electron chi connectivity index (χ3n) is 1.40. The van der Waals surface area contributed by atoms with Crippen LogP contribution in [0, 0.1) is 0 Å². The van der Waals surface area contributed by atoms with E-state index in [4.69, 9.17) is 0 Å². The van der Waals surface area contributed by atoms with Gasteiger partial charge in [-0.25, -0.2) is 9.97 Å². The monoisotopic (exact) mass is 177 g/mol. The molecule has 0 aromatic carbocycles. The van der Waals surface area contributed by atoms with Gasteiger partial charge in [-0.3, -0.25) is 4.79 Å². The molecule has 0 aliphatic rings. The van der Waals surface area contributed by atoms with Gasteiger partial charge in [-0.05, 0) is 6.07 Å². The highest BCUT2D eigenvalue weighted by atomic mass is 16.1. The lowest BCUT2D eigenvalue weighted by Crippen LogP contribution is -2.04. The maximum absolute atomic E-state index is 10.7. The smallest absolute Gasteiger partial charge is 0.153 e. The minimum Gasteiger partial charge on any atom is -0.383 e. The summed E-state index contributed by atoms with van der Waals surface area (Å²) in [6.07, 6.45) is 5.52. The molecule has 0 fully saturated rings. The van der Waals surface area contributed by atoms with Crippen molar-refractivity contribution < 1.29 is 4.79 Å². The van der Waals surface area contributed by atoms with Gasteiger partial charge in [0.25, 0.3) is 0 Å². The van der Waals surface area contributed by atoms with Crippen molar-refractivity contribution in [1.29, 1.82) is 0 Å². The lowest BCUT2D eigenvalue weighted by molar-refractivity contribution is -0.103. The molecule has 0 saturated heterocycles. The molecule has 1 aromatic heterocycles. The summed E-state index contributed by atoms with van der Waals surface area (Å²) in [6, 6.07) is 1.70. The largest absolute Gasteiger partial charge is 0.383 e. The summed E-state index contributed by atoms with van der Waals surface area (Å²) in [4.78, 5) is 20.2. The molecule has 0 radical (unpaired) electrons. The minimum absolute atomic E-state index is 0.549. The quantitative estimate of drug-likeness (QED) is 0.500. The number of rotatable bonds is 3. The van der Waals surface area contributed by atoms with Gasteiger partial charge in [-0.15, -0.1) is 0 Å². The van der Waals surface area contributed by atoms with E-state index in [1.54, 1.807) is 23.4 Å². The Balaban J connectivity index is 2.98. The summed E-state index contributed by atoms with van der Waals surface area (Å²) >= 11 is 0. The van der Waals surface area contributed by atoms with E-state index >= 15 is 0 Å². The van der Waals surface area contributed by atoms with E-state index in [9.17, 15) is 4.79 Å². The topological polar surface area (TPSA) is 46.1 Å². The van der Waals surface area contributed by atoms with Gasteiger partial charge in [-0.2, -0.15) is 0 Å². The fraction of sp³-hybridized carbons (Fsp3) is 0.222. The van der Waals surface area contributed by atoms with Gasteiger partial charge in [0, 0.05) is 26.5 Å². The second-order valence-electron chi connectivity index (χ2n) is 2.76. The van der Waals surface area contributed by atoms with Crippen LogP contribution in [-0.4, -0.2) is 35.2 Å². The van der Waals surface area contributed by atoms with Crippen LogP contribution in [0.2, 0.25) is 0 Å². The molecule has 0 spiro atoms. The molecule has 1 aromatic rings. The minimum atomic E-state index is 0.549. The van der Waals surface area contributed by atoms with Gasteiger partial charge in [0.2, 0.25) is 0 Å². The van der Waals surface area contributed by atoms with Crippen molar-refractivity contribution in [2.24, 2.45) is 0 Å². The number of hydrogen-bond donors (Lipinski definition) is 0. The zero-order valence-electron chi connectivity index (χ0n) is 7.64. The number of aldehydes is 1. The maximum atomic E-state index is 10.7. The van der Waals surface area contributed by atoms with Crippen molar-refractivity contribution in [3.05, 3.63) is 30.5 Å². The van der Waals surface area contributed by atoms with Crippen LogP contribution in [0.1, 0.15) is 5.69 Å². The first-order valence-electron chi connectivity index (χ1n) is 3.84. The third-order valence-corrected chi connectivity index (χ3v) is 1.40. The third kappa shape index (κ3) is 2.66. The SMILES string of the molecule is CN(C)/C=C(/C=O)c1ccncn1. The zero-order valence-corrected chi connectivity index (χ0v) is 7.64. The summed E-state index contributed by atoms with van der Waals surface area (Å²) in [6.45, 7) is 0. The fourth-order valence-electron chi connectivity index (χ4n) is 0.897. The standard InChI is InChI=1S/C9H11N3O/c1-12(2)5-8(6-13)9-3-4-10-7-11-9/h3-7H,1-2H3/b8-5-. The molecule has 1 rings (SSSR count). The molecule has 0 aliphatic heterocycles. The van der Waals surface area contributed by atoms with Gasteiger partial charge >= 0.3 is 0 Å². The Morgan fingerprint density at radius 1 is 1.54 bits per heavy atom. The van der Waals surface area contributed by atoms with Crippen molar-refractivity contribution >= 4 is 11.9 Å². The average Bonchev–Trinajstić information content (AvgIpc) is 2.15. The Morgan fingerprint density at radius 3 is 2.77 bits per heavy atom. The van der Waals surface area contributed by atoms with Crippen LogP contribution in [-0.2, 0) is 4.79 Å². The van der Waals surface area contributed by atoms with Crippen molar-refractivity contribution in [3.8, 4) is 0 Å². The molecule has 13 heavy (non-hydrogen) atoms. The summed E-state index contributed by atoms with van der Waals surface area (Å²) in [5.74, 6) is 0. The lowest BCUT2D eigenvalue weighted by Gasteiger charge is -2.06. The highest BCUT2D eigenvalue weighted by molar-refractivity contribution is 6.05. The first-order valence-corrected chi connectivity index (χ1v) is 3.84. The zero-order chi connectivity index (χ0) is 9.68. The number of carbonyl (C=O) groups is 1. The summed E-state index contributed by atoms with van der Waals surface area (Å²) in [7, 11) is 3.70. The Hall–Kier alpha value is -1.71. The van der Waals surface area contributed by atoms with E-state index in [1.807, 2.05) is 14.1 Å². The van der Waals surface area contributed by atoms with Crippen LogP contribution in [0.3, 0.4) is 0 Å². The van der Waals surface area contributed by atoms with Crippen LogP contribution in [0.15, 0.2) is 24.8 Å². The van der Waals surface area contributed by atoms with E-state index in [0.717, 1.165) is 6.29 Å². The van der Waals surface area contributed by atoms with Crippen LogP contribution in [0.4, 0.5) is 0 Å². The number of allylic oxidation sites excluding steroid dienone is 1. The van der Waals surface area contributed by atoms with Gasteiger partial charge < -0.3 is 4.90 Å². The number of carbonyl (C=O) groups excluding carboxylic acids is 1. The van der Waals surface area contributed by atoms with Crippen molar-refractivity contribution in [2.75, 3.05) is 14.1 Å². The predicted octanol–water partition coefficient (Wildman–Crippen LogP) is 0.578. The molecule has 0 aliphatic carbocycles. The van der Waals surface area contributed by atoms with Crippen LogP contribution < -0.4 is 0 Å². The second kappa shape index (κ2) is 4.35. The van der Waals surface area contributed by atoms with Gasteiger partial charge in [-0.1, -0.05) is 0 Å². The Kier molecular flexibility index (Phi) is 3.14. The summed E-state index contributed by atoms with van der Waals surface area (Å²) < 4.78 is 0. The van der Waals surface area contributed by atoms with Crippen LogP contribution in [0.5, 0.6) is 0 Å². The molecule has 1 heterocycles. The highest BCUT2D eigenvalue weighted by Gasteiger charge is 2.00. The van der Waals surface area contributed by atoms with Crippen LogP contribution in [0.25, 0.3) is 5.57 Å². The van der Waals surface area contributed by atoms with Crippen LogP contribution >= 0.6 is 0 Å². The first-order chi connectivity index (χ1) is 6.24. The number of hydrogen-bond acceptors (Lipinski definition) is 4. The normalized spacial score (nSPS) is 11.1. The molecule has 0 bridgehead atoms. The Labute approximate surface area is 76.9 Å². The summed E-state index contributed by atoms with van der Waals surface area (Å²) in [5.41, 5.74) is 1.19. The van der Waals surface area contributed by atoms with E-state index in [2.05, 4.69) is 9.97 Å². The molecule has 0 atom stereocenters. The predicted molar refractivity (Wildman–Crippen MR) is 49.8 cm³/mol. The molecular formula is C9H11N3O. The highest BCUT2D eigenvalue weighted by Crippen LogP contribution is 2.06. The number of nitrogens with zero attached hydrogens (tertiary/aromatic N) is 3. The molecule has 0 N–H and O–H groups in total. The van der Waals surface area contributed by atoms with Gasteiger partial charge in [0.15, 0.2) is 6.29 Å². The summed E-state index contributed by atoms with van der Waals surface area (Å²) in [5, 5.41) is 0. The Bertz CT molecular complexity index is 306. The van der Waals surface area contributed by atoms with Gasteiger partial charge in [0.05, 0.1) is 11.3 Å². The molecule has 0 saturated carbocycles. The maximum Gasteiger partial charge on any atom is 0.153 e. The molecule has 68 valence electrons. The van der Waals surface area contributed by atoms with Crippen molar-refractivity contribution in [3.63, 3.8) is 0 Å². The Morgan fingerprint density at radius 2 is 2.31 bits per heavy atom. The molecule has 4 heteroatoms. The van der Waals surface area contributed by atoms with Crippen molar-refractivity contribution in [1.82, 2.24) is 14.9 Å². The second-order valence-corrected chi connectivity index (χ2v) is 2.76. The first kappa shape index (κ1) is 9.38. The van der Waals surface area contributed by atoms with E-state index in [-0.39, 0.29) is 0 Å². The molecule has 0 unspecified atom stereocenters.